The summed E-state index contributed by atoms with van der Waals surface area (Å²) in [4.78, 5) is 6.73. The van der Waals surface area contributed by atoms with Crippen LogP contribution in [0.4, 0.5) is 0 Å². The van der Waals surface area contributed by atoms with Crippen molar-refractivity contribution in [1.82, 2.24) is 19.7 Å². The molecule has 1 aliphatic heterocycles. The van der Waals surface area contributed by atoms with Gasteiger partial charge in [-0.05, 0) is 31.7 Å². The number of rotatable bonds is 4. The molecule has 0 saturated carbocycles. The largest absolute Gasteiger partial charge is 0.296 e. The Morgan fingerprint density at radius 3 is 3.12 bits per heavy atom. The Bertz CT molecular complexity index is 324. The van der Waals surface area contributed by atoms with Crippen molar-refractivity contribution >= 4 is 11.6 Å². The summed E-state index contributed by atoms with van der Waals surface area (Å²) in [6.07, 6.45) is 5.35. The maximum atomic E-state index is 5.81. The summed E-state index contributed by atoms with van der Waals surface area (Å²) in [7, 11) is 1.95. The van der Waals surface area contributed by atoms with Crippen LogP contribution >= 0.6 is 11.6 Å². The fraction of sp³-hybridized carbons (Fsp3) is 0.818. The van der Waals surface area contributed by atoms with Crippen LogP contribution in [0.25, 0.3) is 0 Å². The maximum Gasteiger partial charge on any atom is 0.140 e. The van der Waals surface area contributed by atoms with E-state index in [1.807, 2.05) is 11.7 Å². The van der Waals surface area contributed by atoms with Gasteiger partial charge in [-0.25, -0.2) is 4.98 Å². The number of likely N-dealkylation sites (tertiary alicyclic amines) is 1. The predicted molar refractivity (Wildman–Crippen MR) is 64.3 cm³/mol. The molecule has 90 valence electrons. The van der Waals surface area contributed by atoms with E-state index in [4.69, 9.17) is 11.6 Å². The molecule has 0 aliphatic carbocycles. The van der Waals surface area contributed by atoms with Gasteiger partial charge in [0.1, 0.15) is 12.2 Å². The molecular formula is C11H19ClN4. The van der Waals surface area contributed by atoms with E-state index in [0.29, 0.717) is 0 Å². The first-order valence-corrected chi connectivity index (χ1v) is 6.44. The molecule has 1 fully saturated rings. The van der Waals surface area contributed by atoms with Gasteiger partial charge in [0.05, 0.1) is 6.54 Å². The normalized spacial score (nSPS) is 22.5. The summed E-state index contributed by atoms with van der Waals surface area (Å²) in [5.74, 6) is 2.59. The highest BCUT2D eigenvalue weighted by Gasteiger charge is 2.20. The van der Waals surface area contributed by atoms with E-state index < -0.39 is 0 Å². The molecule has 1 unspecified atom stereocenters. The molecule has 1 aromatic rings. The van der Waals surface area contributed by atoms with E-state index in [9.17, 15) is 0 Å². The summed E-state index contributed by atoms with van der Waals surface area (Å²) in [6, 6.07) is 0. The number of hydrogen-bond acceptors (Lipinski definition) is 3. The molecule has 16 heavy (non-hydrogen) atoms. The Hall–Kier alpha value is -0.610. The second-order valence-corrected chi connectivity index (χ2v) is 4.90. The molecule has 4 nitrogen and oxygen atoms in total. The molecule has 2 heterocycles. The molecule has 0 aromatic carbocycles. The van der Waals surface area contributed by atoms with E-state index in [2.05, 4.69) is 15.0 Å². The van der Waals surface area contributed by atoms with Gasteiger partial charge in [0.2, 0.25) is 0 Å². The Kier molecular flexibility index (Phi) is 4.18. The smallest absolute Gasteiger partial charge is 0.140 e. The summed E-state index contributed by atoms with van der Waals surface area (Å²) in [5.41, 5.74) is 0. The molecule has 1 atom stereocenters. The van der Waals surface area contributed by atoms with Gasteiger partial charge in [-0.15, -0.1) is 11.6 Å². The fourth-order valence-electron chi connectivity index (χ4n) is 2.35. The van der Waals surface area contributed by atoms with Crippen LogP contribution in [0.2, 0.25) is 0 Å². The molecule has 1 aromatic heterocycles. The van der Waals surface area contributed by atoms with Crippen LogP contribution < -0.4 is 0 Å². The number of piperidine rings is 1. The van der Waals surface area contributed by atoms with Crippen LogP contribution in [0.5, 0.6) is 0 Å². The van der Waals surface area contributed by atoms with Crippen LogP contribution in [0.1, 0.15) is 25.1 Å². The van der Waals surface area contributed by atoms with Crippen LogP contribution in [-0.2, 0) is 13.6 Å². The van der Waals surface area contributed by atoms with E-state index in [1.165, 1.54) is 19.4 Å². The summed E-state index contributed by atoms with van der Waals surface area (Å²) >= 11 is 5.81. The third-order valence-corrected chi connectivity index (χ3v) is 3.51. The van der Waals surface area contributed by atoms with Crippen molar-refractivity contribution in [3.05, 3.63) is 12.2 Å². The number of aryl methyl sites for hydroxylation is 1. The zero-order chi connectivity index (χ0) is 11.4. The highest BCUT2D eigenvalue weighted by Crippen LogP contribution is 2.20. The van der Waals surface area contributed by atoms with Crippen LogP contribution in [0.3, 0.4) is 0 Å². The second kappa shape index (κ2) is 5.64. The molecule has 1 saturated heterocycles. The van der Waals surface area contributed by atoms with Crippen molar-refractivity contribution < 1.29 is 0 Å². The van der Waals surface area contributed by atoms with Crippen LogP contribution in [0, 0.1) is 5.92 Å². The zero-order valence-corrected chi connectivity index (χ0v) is 10.5. The number of aromatic nitrogens is 3. The minimum atomic E-state index is 0.763. The number of halogens is 1. The Morgan fingerprint density at radius 2 is 2.44 bits per heavy atom. The van der Waals surface area contributed by atoms with E-state index in [-0.39, 0.29) is 0 Å². The highest BCUT2D eigenvalue weighted by atomic mass is 35.5. The average molecular weight is 243 g/mol. The number of hydrogen-bond donors (Lipinski definition) is 0. The molecular weight excluding hydrogens is 224 g/mol. The lowest BCUT2D eigenvalue weighted by Gasteiger charge is -2.31. The average Bonchev–Trinajstić information content (AvgIpc) is 2.66. The second-order valence-electron chi connectivity index (χ2n) is 4.52. The van der Waals surface area contributed by atoms with Crippen LogP contribution in [0.15, 0.2) is 6.33 Å². The van der Waals surface area contributed by atoms with Crippen molar-refractivity contribution in [2.45, 2.75) is 25.8 Å². The lowest BCUT2D eigenvalue weighted by atomic mass is 9.95. The number of alkyl halides is 1. The van der Waals surface area contributed by atoms with Gasteiger partial charge in [-0.2, -0.15) is 5.10 Å². The van der Waals surface area contributed by atoms with Gasteiger partial charge in [-0.1, -0.05) is 0 Å². The van der Waals surface area contributed by atoms with Gasteiger partial charge in [0.15, 0.2) is 0 Å². The number of nitrogens with zero attached hydrogens (tertiary/aromatic N) is 4. The molecule has 5 heteroatoms. The van der Waals surface area contributed by atoms with E-state index in [0.717, 1.165) is 37.1 Å². The first-order valence-electron chi connectivity index (χ1n) is 5.91. The minimum absolute atomic E-state index is 0.763. The van der Waals surface area contributed by atoms with Crippen molar-refractivity contribution in [3.8, 4) is 0 Å². The molecule has 0 radical (unpaired) electrons. The van der Waals surface area contributed by atoms with Crippen molar-refractivity contribution in [2.75, 3.05) is 19.0 Å². The molecule has 0 bridgehead atoms. The summed E-state index contributed by atoms with van der Waals surface area (Å²) in [6.45, 7) is 3.24. The van der Waals surface area contributed by atoms with Crippen molar-refractivity contribution in [2.24, 2.45) is 13.0 Å². The zero-order valence-electron chi connectivity index (χ0n) is 9.77. The third kappa shape index (κ3) is 2.95. The first-order chi connectivity index (χ1) is 7.79. The van der Waals surface area contributed by atoms with E-state index >= 15 is 0 Å². The van der Waals surface area contributed by atoms with Gasteiger partial charge in [0.25, 0.3) is 0 Å². The Morgan fingerprint density at radius 1 is 1.56 bits per heavy atom. The first kappa shape index (κ1) is 11.9. The lowest BCUT2D eigenvalue weighted by Crippen LogP contribution is -2.35. The Balaban J connectivity index is 1.88. The van der Waals surface area contributed by atoms with Gasteiger partial charge in [-0.3, -0.25) is 9.58 Å². The van der Waals surface area contributed by atoms with Gasteiger partial charge in [0, 0.05) is 19.5 Å². The molecule has 2 rings (SSSR count). The minimum Gasteiger partial charge on any atom is -0.296 e. The third-order valence-electron chi connectivity index (χ3n) is 3.29. The SMILES string of the molecule is Cn1ncnc1CN1CCCC(CCCl)C1. The van der Waals surface area contributed by atoms with Crippen molar-refractivity contribution in [3.63, 3.8) is 0 Å². The quantitative estimate of drug-likeness (QED) is 0.753. The highest BCUT2D eigenvalue weighted by molar-refractivity contribution is 6.17. The Labute approximate surface area is 102 Å². The fourth-order valence-corrected chi connectivity index (χ4v) is 2.66. The van der Waals surface area contributed by atoms with Gasteiger partial charge >= 0.3 is 0 Å². The molecule has 1 aliphatic rings. The van der Waals surface area contributed by atoms with Gasteiger partial charge < -0.3 is 0 Å². The van der Waals surface area contributed by atoms with Crippen molar-refractivity contribution in [1.29, 1.82) is 0 Å². The molecule has 0 spiro atoms. The lowest BCUT2D eigenvalue weighted by molar-refractivity contribution is 0.160. The standard InChI is InChI=1S/C11H19ClN4/c1-15-11(13-9-14-15)8-16-6-2-3-10(7-16)4-5-12/h9-10H,2-8H2,1H3. The summed E-state index contributed by atoms with van der Waals surface area (Å²) < 4.78 is 1.85. The topological polar surface area (TPSA) is 34.0 Å². The predicted octanol–water partition coefficient (Wildman–Crippen LogP) is 1.66. The van der Waals surface area contributed by atoms with Crippen LogP contribution in [-0.4, -0.2) is 38.6 Å². The maximum absolute atomic E-state index is 5.81. The summed E-state index contributed by atoms with van der Waals surface area (Å²) in [5, 5.41) is 4.10. The molecule has 0 N–H and O–H groups in total. The van der Waals surface area contributed by atoms with E-state index in [1.54, 1.807) is 6.33 Å². The monoisotopic (exact) mass is 242 g/mol. The molecule has 0 amide bonds.